The molecule has 1 heterocycles. The van der Waals surface area contributed by atoms with Crippen LogP contribution in [0.3, 0.4) is 0 Å². The average molecular weight is 307 g/mol. The Morgan fingerprint density at radius 1 is 1.39 bits per heavy atom. The summed E-state index contributed by atoms with van der Waals surface area (Å²) in [5, 5.41) is 13.2. The SMILES string of the molecule is Cc1ccc(NCC(O)c2cccnc2)c(Br)c1. The number of nitrogens with one attached hydrogen (secondary N) is 1. The minimum Gasteiger partial charge on any atom is -0.387 e. The molecule has 2 rings (SSSR count). The molecule has 0 amide bonds. The summed E-state index contributed by atoms with van der Waals surface area (Å²) >= 11 is 3.50. The van der Waals surface area contributed by atoms with Crippen LogP contribution >= 0.6 is 15.9 Å². The van der Waals surface area contributed by atoms with Crippen molar-refractivity contribution in [2.24, 2.45) is 0 Å². The van der Waals surface area contributed by atoms with Gasteiger partial charge in [0, 0.05) is 34.7 Å². The Bertz CT molecular complexity index is 516. The molecule has 0 radical (unpaired) electrons. The highest BCUT2D eigenvalue weighted by Gasteiger charge is 2.08. The van der Waals surface area contributed by atoms with E-state index in [0.717, 1.165) is 15.7 Å². The third-order valence-electron chi connectivity index (χ3n) is 2.68. The van der Waals surface area contributed by atoms with Crippen molar-refractivity contribution in [3.63, 3.8) is 0 Å². The molecule has 94 valence electrons. The summed E-state index contributed by atoms with van der Waals surface area (Å²) in [6, 6.07) is 9.75. The number of nitrogens with zero attached hydrogens (tertiary/aromatic N) is 1. The van der Waals surface area contributed by atoms with Crippen molar-refractivity contribution < 1.29 is 5.11 Å². The van der Waals surface area contributed by atoms with Gasteiger partial charge in [0.25, 0.3) is 0 Å². The van der Waals surface area contributed by atoms with Gasteiger partial charge >= 0.3 is 0 Å². The lowest BCUT2D eigenvalue weighted by atomic mass is 10.1. The molecule has 0 saturated carbocycles. The van der Waals surface area contributed by atoms with Crippen LogP contribution < -0.4 is 5.32 Å². The second kappa shape index (κ2) is 5.98. The first-order valence-electron chi connectivity index (χ1n) is 5.75. The van der Waals surface area contributed by atoms with Crippen molar-refractivity contribution in [2.75, 3.05) is 11.9 Å². The third kappa shape index (κ3) is 3.31. The number of anilines is 1. The Kier molecular flexibility index (Phi) is 4.33. The van der Waals surface area contributed by atoms with Gasteiger partial charge in [0.15, 0.2) is 0 Å². The molecular weight excluding hydrogens is 292 g/mol. The zero-order valence-electron chi connectivity index (χ0n) is 10.1. The summed E-state index contributed by atoms with van der Waals surface area (Å²) in [6.07, 6.45) is 2.81. The highest BCUT2D eigenvalue weighted by atomic mass is 79.9. The first kappa shape index (κ1) is 13.1. The maximum atomic E-state index is 10.0. The number of aryl methyl sites for hydroxylation is 1. The van der Waals surface area contributed by atoms with E-state index in [-0.39, 0.29) is 0 Å². The van der Waals surface area contributed by atoms with Crippen LogP contribution in [0.5, 0.6) is 0 Å². The van der Waals surface area contributed by atoms with E-state index in [1.165, 1.54) is 5.56 Å². The molecule has 0 saturated heterocycles. The Morgan fingerprint density at radius 3 is 2.89 bits per heavy atom. The lowest BCUT2D eigenvalue weighted by Gasteiger charge is -2.14. The minimum absolute atomic E-state index is 0.452. The second-order valence-corrected chi connectivity index (χ2v) is 5.02. The summed E-state index contributed by atoms with van der Waals surface area (Å²) in [7, 11) is 0. The number of benzene rings is 1. The molecule has 1 aromatic carbocycles. The van der Waals surface area contributed by atoms with E-state index in [4.69, 9.17) is 0 Å². The van der Waals surface area contributed by atoms with Crippen molar-refractivity contribution in [1.82, 2.24) is 4.98 Å². The van der Waals surface area contributed by atoms with Crippen LogP contribution in [0.4, 0.5) is 5.69 Å². The molecular formula is C14H15BrN2O. The highest BCUT2D eigenvalue weighted by molar-refractivity contribution is 9.10. The standard InChI is InChI=1S/C14H15BrN2O/c1-10-4-5-13(12(15)7-10)17-9-14(18)11-3-2-6-16-8-11/h2-8,14,17-18H,9H2,1H3. The van der Waals surface area contributed by atoms with Crippen LogP contribution in [0.1, 0.15) is 17.2 Å². The average Bonchev–Trinajstić information content (AvgIpc) is 2.38. The molecule has 1 unspecified atom stereocenters. The molecule has 1 aromatic heterocycles. The molecule has 0 bridgehead atoms. The number of halogens is 1. The van der Waals surface area contributed by atoms with Crippen LogP contribution in [0.2, 0.25) is 0 Å². The van der Waals surface area contributed by atoms with E-state index < -0.39 is 6.10 Å². The van der Waals surface area contributed by atoms with Gasteiger partial charge in [0.2, 0.25) is 0 Å². The number of hydrogen-bond donors (Lipinski definition) is 2. The highest BCUT2D eigenvalue weighted by Crippen LogP contribution is 2.24. The minimum atomic E-state index is -0.563. The smallest absolute Gasteiger partial charge is 0.0977 e. The molecule has 4 heteroatoms. The van der Waals surface area contributed by atoms with Gasteiger partial charge in [-0.1, -0.05) is 12.1 Å². The fraction of sp³-hybridized carbons (Fsp3) is 0.214. The van der Waals surface area contributed by atoms with Gasteiger partial charge in [-0.25, -0.2) is 0 Å². The van der Waals surface area contributed by atoms with Crippen LogP contribution in [0.15, 0.2) is 47.2 Å². The summed E-state index contributed by atoms with van der Waals surface area (Å²) in [4.78, 5) is 3.99. The van der Waals surface area contributed by atoms with Crippen molar-refractivity contribution in [3.8, 4) is 0 Å². The number of aliphatic hydroxyl groups is 1. The monoisotopic (exact) mass is 306 g/mol. The van der Waals surface area contributed by atoms with Crippen LogP contribution in [-0.2, 0) is 0 Å². The Morgan fingerprint density at radius 2 is 2.22 bits per heavy atom. The third-order valence-corrected chi connectivity index (χ3v) is 3.34. The van der Waals surface area contributed by atoms with E-state index in [2.05, 4.69) is 26.2 Å². The van der Waals surface area contributed by atoms with Crippen LogP contribution in [-0.4, -0.2) is 16.6 Å². The molecule has 2 N–H and O–H groups in total. The van der Waals surface area contributed by atoms with E-state index in [1.807, 2.05) is 37.3 Å². The first-order valence-corrected chi connectivity index (χ1v) is 6.54. The number of pyridine rings is 1. The molecule has 0 aliphatic heterocycles. The van der Waals surface area contributed by atoms with Gasteiger partial charge in [-0.3, -0.25) is 4.98 Å². The van der Waals surface area contributed by atoms with Crippen LogP contribution in [0.25, 0.3) is 0 Å². The normalized spacial score (nSPS) is 12.2. The number of aliphatic hydroxyl groups excluding tert-OH is 1. The summed E-state index contributed by atoms with van der Waals surface area (Å²) in [6.45, 7) is 2.49. The molecule has 0 spiro atoms. The molecule has 3 nitrogen and oxygen atoms in total. The van der Waals surface area contributed by atoms with Crippen molar-refractivity contribution >= 4 is 21.6 Å². The number of hydrogen-bond acceptors (Lipinski definition) is 3. The second-order valence-electron chi connectivity index (χ2n) is 4.17. The Labute approximate surface area is 115 Å². The predicted molar refractivity (Wildman–Crippen MR) is 76.6 cm³/mol. The fourth-order valence-electron chi connectivity index (χ4n) is 1.66. The van der Waals surface area contributed by atoms with Gasteiger partial charge in [-0.2, -0.15) is 0 Å². The van der Waals surface area contributed by atoms with Crippen molar-refractivity contribution in [3.05, 3.63) is 58.3 Å². The quantitative estimate of drug-likeness (QED) is 0.911. The summed E-state index contributed by atoms with van der Waals surface area (Å²) in [5.74, 6) is 0. The van der Waals surface area contributed by atoms with Gasteiger partial charge in [0.05, 0.1) is 6.10 Å². The van der Waals surface area contributed by atoms with Gasteiger partial charge in [-0.15, -0.1) is 0 Å². The van der Waals surface area contributed by atoms with Gasteiger partial charge < -0.3 is 10.4 Å². The zero-order valence-corrected chi connectivity index (χ0v) is 11.7. The molecule has 0 fully saturated rings. The van der Waals surface area contributed by atoms with E-state index in [9.17, 15) is 5.11 Å². The zero-order chi connectivity index (χ0) is 13.0. The Hall–Kier alpha value is -1.39. The fourth-order valence-corrected chi connectivity index (χ4v) is 2.29. The summed E-state index contributed by atoms with van der Waals surface area (Å²) in [5.41, 5.74) is 2.98. The maximum Gasteiger partial charge on any atom is 0.0977 e. The molecule has 0 aliphatic rings. The number of rotatable bonds is 4. The number of aromatic nitrogens is 1. The van der Waals surface area contributed by atoms with E-state index >= 15 is 0 Å². The first-order chi connectivity index (χ1) is 8.66. The molecule has 0 aliphatic carbocycles. The lowest BCUT2D eigenvalue weighted by Crippen LogP contribution is -2.12. The summed E-state index contributed by atoms with van der Waals surface area (Å²) < 4.78 is 1.00. The Balaban J connectivity index is 1.99. The van der Waals surface area contributed by atoms with Gasteiger partial charge in [0.1, 0.15) is 0 Å². The van der Waals surface area contributed by atoms with E-state index in [0.29, 0.717) is 6.54 Å². The topological polar surface area (TPSA) is 45.1 Å². The maximum absolute atomic E-state index is 10.0. The lowest BCUT2D eigenvalue weighted by molar-refractivity contribution is 0.191. The van der Waals surface area contributed by atoms with Crippen molar-refractivity contribution in [2.45, 2.75) is 13.0 Å². The van der Waals surface area contributed by atoms with E-state index in [1.54, 1.807) is 12.4 Å². The molecule has 2 aromatic rings. The molecule has 18 heavy (non-hydrogen) atoms. The van der Waals surface area contributed by atoms with Gasteiger partial charge in [-0.05, 0) is 46.6 Å². The van der Waals surface area contributed by atoms with Crippen LogP contribution in [0, 0.1) is 6.92 Å². The largest absolute Gasteiger partial charge is 0.387 e. The van der Waals surface area contributed by atoms with Crippen molar-refractivity contribution in [1.29, 1.82) is 0 Å². The molecule has 1 atom stereocenters. The predicted octanol–water partition coefficient (Wildman–Crippen LogP) is 3.30.